The van der Waals surface area contributed by atoms with E-state index in [1.54, 1.807) is 13.8 Å². The molecule has 1 aromatic rings. The van der Waals surface area contributed by atoms with E-state index in [2.05, 4.69) is 0 Å². The van der Waals surface area contributed by atoms with Gasteiger partial charge in [0.15, 0.2) is 0 Å². The van der Waals surface area contributed by atoms with Crippen LogP contribution in [-0.4, -0.2) is 36.4 Å². The molecule has 0 amide bonds. The van der Waals surface area contributed by atoms with Gasteiger partial charge in [0.25, 0.3) is 0 Å². The van der Waals surface area contributed by atoms with Crippen molar-refractivity contribution in [3.05, 3.63) is 30.1 Å². The van der Waals surface area contributed by atoms with Crippen LogP contribution in [0.25, 0.3) is 0 Å². The van der Waals surface area contributed by atoms with Crippen LogP contribution in [0.5, 0.6) is 0 Å². The third-order valence-corrected chi connectivity index (χ3v) is 4.63. The van der Waals surface area contributed by atoms with Gasteiger partial charge in [-0.25, -0.2) is 12.8 Å². The van der Waals surface area contributed by atoms with Gasteiger partial charge in [-0.3, -0.25) is 4.79 Å². The number of sulfonamides is 1. The van der Waals surface area contributed by atoms with E-state index in [0.29, 0.717) is 0 Å². The van der Waals surface area contributed by atoms with E-state index in [-0.39, 0.29) is 23.9 Å². The highest BCUT2D eigenvalue weighted by Crippen LogP contribution is 2.18. The van der Waals surface area contributed by atoms with Crippen molar-refractivity contribution in [3.8, 4) is 0 Å². The number of nitrogens with zero attached hydrogens (tertiary/aromatic N) is 1. The summed E-state index contributed by atoms with van der Waals surface area (Å²) in [6.45, 7) is 3.19. The fraction of sp³-hybridized carbons (Fsp3) is 0.417. The van der Waals surface area contributed by atoms with E-state index in [1.165, 1.54) is 12.1 Å². The average molecular weight is 289 g/mol. The molecule has 19 heavy (non-hydrogen) atoms. The number of hydrogen-bond acceptors (Lipinski definition) is 3. The molecule has 0 saturated heterocycles. The summed E-state index contributed by atoms with van der Waals surface area (Å²) in [5.41, 5.74) is 0. The predicted molar refractivity (Wildman–Crippen MR) is 67.7 cm³/mol. The zero-order chi connectivity index (χ0) is 14.6. The van der Waals surface area contributed by atoms with Crippen LogP contribution < -0.4 is 0 Å². The zero-order valence-corrected chi connectivity index (χ0v) is 11.5. The maximum Gasteiger partial charge on any atom is 0.304 e. The van der Waals surface area contributed by atoms with Gasteiger partial charge in [-0.1, -0.05) is 0 Å². The summed E-state index contributed by atoms with van der Waals surface area (Å²) in [6.07, 6.45) is -0.279. The number of halogens is 1. The summed E-state index contributed by atoms with van der Waals surface area (Å²) in [5, 5.41) is 8.65. The summed E-state index contributed by atoms with van der Waals surface area (Å²) in [5.74, 6) is -1.60. The molecule has 0 aliphatic heterocycles. The zero-order valence-electron chi connectivity index (χ0n) is 10.7. The predicted octanol–water partition coefficient (Wildman–Crippen LogP) is 1.70. The van der Waals surface area contributed by atoms with Gasteiger partial charge in [-0.2, -0.15) is 4.31 Å². The van der Waals surface area contributed by atoms with Crippen molar-refractivity contribution >= 4 is 16.0 Å². The van der Waals surface area contributed by atoms with Crippen LogP contribution in [-0.2, 0) is 14.8 Å². The molecule has 0 saturated carbocycles. The van der Waals surface area contributed by atoms with Crippen molar-refractivity contribution in [1.29, 1.82) is 0 Å². The molecular weight excluding hydrogens is 273 g/mol. The highest BCUT2D eigenvalue weighted by Gasteiger charge is 2.27. The molecule has 1 aromatic carbocycles. The number of aliphatic carboxylic acids is 1. The lowest BCUT2D eigenvalue weighted by molar-refractivity contribution is -0.137. The minimum absolute atomic E-state index is 0.0482. The smallest absolute Gasteiger partial charge is 0.304 e. The molecule has 1 rings (SSSR count). The second kappa shape index (κ2) is 6.12. The first kappa shape index (κ1) is 15.6. The minimum Gasteiger partial charge on any atom is -0.481 e. The van der Waals surface area contributed by atoms with Gasteiger partial charge in [0, 0.05) is 12.6 Å². The van der Waals surface area contributed by atoms with E-state index < -0.39 is 21.8 Å². The molecule has 0 aliphatic rings. The Hall–Kier alpha value is -1.47. The molecule has 106 valence electrons. The van der Waals surface area contributed by atoms with E-state index in [9.17, 15) is 17.6 Å². The van der Waals surface area contributed by atoms with Gasteiger partial charge in [0.1, 0.15) is 5.82 Å². The highest BCUT2D eigenvalue weighted by atomic mass is 32.2. The second-order valence-corrected chi connectivity index (χ2v) is 6.20. The fourth-order valence-electron chi connectivity index (χ4n) is 1.60. The Labute approximate surface area is 111 Å². The molecule has 0 unspecified atom stereocenters. The SMILES string of the molecule is CC(C)N(CCC(=O)O)S(=O)(=O)c1ccc(F)cc1. The second-order valence-electron chi connectivity index (χ2n) is 4.31. The maximum atomic E-state index is 12.8. The molecule has 0 aliphatic carbocycles. The topological polar surface area (TPSA) is 74.7 Å². The Morgan fingerprint density at radius 1 is 1.32 bits per heavy atom. The van der Waals surface area contributed by atoms with Crippen molar-refractivity contribution in [2.75, 3.05) is 6.54 Å². The van der Waals surface area contributed by atoms with Crippen molar-refractivity contribution in [2.24, 2.45) is 0 Å². The number of carbonyl (C=O) groups is 1. The van der Waals surface area contributed by atoms with Crippen molar-refractivity contribution in [3.63, 3.8) is 0 Å². The van der Waals surface area contributed by atoms with E-state index in [4.69, 9.17) is 5.11 Å². The lowest BCUT2D eigenvalue weighted by Crippen LogP contribution is -2.38. The van der Waals surface area contributed by atoms with Gasteiger partial charge in [0.2, 0.25) is 10.0 Å². The summed E-state index contributed by atoms with van der Waals surface area (Å²) in [6, 6.07) is 4.07. The maximum absolute atomic E-state index is 12.8. The van der Waals surface area contributed by atoms with Gasteiger partial charge in [-0.15, -0.1) is 0 Å². The first-order valence-corrected chi connectivity index (χ1v) is 7.18. The van der Waals surface area contributed by atoms with Crippen molar-refractivity contribution in [1.82, 2.24) is 4.31 Å². The molecule has 0 heterocycles. The number of rotatable bonds is 6. The van der Waals surface area contributed by atoms with E-state index >= 15 is 0 Å². The van der Waals surface area contributed by atoms with Gasteiger partial charge in [-0.05, 0) is 38.1 Å². The van der Waals surface area contributed by atoms with Crippen molar-refractivity contribution < 1.29 is 22.7 Å². The number of carboxylic acids is 1. The van der Waals surface area contributed by atoms with Crippen LogP contribution in [0.4, 0.5) is 4.39 Å². The normalized spacial score (nSPS) is 12.1. The number of carboxylic acid groups (broad SMARTS) is 1. The monoisotopic (exact) mass is 289 g/mol. The standard InChI is InChI=1S/C12H16FNO4S/c1-9(2)14(8-7-12(15)16)19(17,18)11-5-3-10(13)4-6-11/h3-6,9H,7-8H2,1-2H3,(H,15,16). The molecule has 0 bridgehead atoms. The molecule has 0 spiro atoms. The average Bonchev–Trinajstić information content (AvgIpc) is 2.28. The third kappa shape index (κ3) is 4.00. The van der Waals surface area contributed by atoms with E-state index in [0.717, 1.165) is 16.4 Å². The Morgan fingerprint density at radius 2 is 1.84 bits per heavy atom. The number of benzene rings is 1. The molecule has 0 fully saturated rings. The molecule has 0 atom stereocenters. The molecule has 7 heteroatoms. The molecule has 1 N–H and O–H groups in total. The lowest BCUT2D eigenvalue weighted by Gasteiger charge is -2.25. The molecule has 5 nitrogen and oxygen atoms in total. The first-order chi connectivity index (χ1) is 8.75. The molecular formula is C12H16FNO4S. The van der Waals surface area contributed by atoms with Gasteiger partial charge < -0.3 is 5.11 Å². The van der Waals surface area contributed by atoms with Crippen LogP contribution >= 0.6 is 0 Å². The van der Waals surface area contributed by atoms with Crippen LogP contribution in [0.15, 0.2) is 29.2 Å². The van der Waals surface area contributed by atoms with Crippen molar-refractivity contribution in [2.45, 2.75) is 31.2 Å². The minimum atomic E-state index is -3.81. The van der Waals surface area contributed by atoms with Crippen LogP contribution in [0.1, 0.15) is 20.3 Å². The first-order valence-electron chi connectivity index (χ1n) is 5.74. The summed E-state index contributed by atoms with van der Waals surface area (Å²) in [7, 11) is -3.81. The Balaban J connectivity index is 3.05. The Morgan fingerprint density at radius 3 is 2.26 bits per heavy atom. The van der Waals surface area contributed by atoms with Crippen LogP contribution in [0.2, 0.25) is 0 Å². The number of hydrogen-bond donors (Lipinski definition) is 1. The summed E-state index contributed by atoms with van der Waals surface area (Å²) < 4.78 is 38.5. The van der Waals surface area contributed by atoms with E-state index in [1.807, 2.05) is 0 Å². The largest absolute Gasteiger partial charge is 0.481 e. The summed E-state index contributed by atoms with van der Waals surface area (Å²) in [4.78, 5) is 10.5. The van der Waals surface area contributed by atoms with Crippen LogP contribution in [0.3, 0.4) is 0 Å². The third-order valence-electron chi connectivity index (χ3n) is 2.54. The fourth-order valence-corrected chi connectivity index (χ4v) is 3.24. The van der Waals surface area contributed by atoms with Gasteiger partial charge >= 0.3 is 5.97 Å². The Bertz CT molecular complexity index is 539. The molecule has 0 radical (unpaired) electrons. The van der Waals surface area contributed by atoms with Crippen LogP contribution in [0, 0.1) is 5.82 Å². The summed E-state index contributed by atoms with van der Waals surface area (Å²) >= 11 is 0. The Kier molecular flexibility index (Phi) is 5.02. The quantitative estimate of drug-likeness (QED) is 0.865. The van der Waals surface area contributed by atoms with Gasteiger partial charge in [0.05, 0.1) is 11.3 Å². The highest BCUT2D eigenvalue weighted by molar-refractivity contribution is 7.89. The lowest BCUT2D eigenvalue weighted by atomic mass is 10.3. The molecule has 0 aromatic heterocycles.